The number of methoxy groups -OCH3 is 1. The average Bonchev–Trinajstić information content (AvgIpc) is 3.17. The molecule has 0 radical (unpaired) electrons. The van der Waals surface area contributed by atoms with E-state index in [2.05, 4.69) is 27.4 Å². The first-order valence-corrected chi connectivity index (χ1v) is 10.6. The van der Waals surface area contributed by atoms with Crippen LogP contribution in [0.1, 0.15) is 25.3 Å². The predicted molar refractivity (Wildman–Crippen MR) is 134 cm³/mol. The van der Waals surface area contributed by atoms with E-state index in [1.807, 2.05) is 18.2 Å². The number of guanidine groups is 1. The molecular formula is C21H35ClIN5O2. The van der Waals surface area contributed by atoms with Crippen molar-refractivity contribution < 1.29 is 9.53 Å². The molecule has 1 aromatic carbocycles. The molecule has 1 atom stereocenters. The Bertz CT molecular complexity index is 702. The molecule has 0 spiro atoms. The summed E-state index contributed by atoms with van der Waals surface area (Å²) in [4.78, 5) is 20.4. The van der Waals surface area contributed by atoms with Gasteiger partial charge in [0.25, 0.3) is 0 Å². The van der Waals surface area contributed by atoms with Gasteiger partial charge in [0, 0.05) is 38.2 Å². The van der Waals surface area contributed by atoms with Crippen LogP contribution in [0.5, 0.6) is 5.75 Å². The van der Waals surface area contributed by atoms with E-state index in [0.29, 0.717) is 23.6 Å². The highest BCUT2D eigenvalue weighted by atomic mass is 127. The number of ether oxygens (including phenoxy) is 1. The van der Waals surface area contributed by atoms with E-state index in [0.717, 1.165) is 37.4 Å². The van der Waals surface area contributed by atoms with Crippen molar-refractivity contribution in [1.29, 1.82) is 0 Å². The molecule has 1 unspecified atom stereocenters. The number of nitrogens with zero attached hydrogens (tertiary/aromatic N) is 3. The van der Waals surface area contributed by atoms with Crippen molar-refractivity contribution in [2.75, 3.05) is 53.9 Å². The number of hydrogen-bond donors (Lipinski definition) is 2. The second-order valence-corrected chi connectivity index (χ2v) is 7.80. The standard InChI is InChI=1S/C21H34ClN5O2.HI/c1-5-27-12-6-7-17(27)14-24-21(25-15-20(28)26(2)3)23-11-10-16-8-9-18(29-4)13-19(16)22;/h8-9,13,17H,5-7,10-12,14-15H2,1-4H3,(H2,23,24,25);1H. The van der Waals surface area contributed by atoms with Crippen LogP contribution in [-0.2, 0) is 11.2 Å². The second kappa shape index (κ2) is 13.9. The van der Waals surface area contributed by atoms with Crippen LogP contribution in [0.2, 0.25) is 5.02 Å². The van der Waals surface area contributed by atoms with E-state index in [9.17, 15) is 4.79 Å². The summed E-state index contributed by atoms with van der Waals surface area (Å²) in [6, 6.07) is 6.20. The lowest BCUT2D eigenvalue weighted by molar-refractivity contribution is -0.127. The average molecular weight is 552 g/mol. The van der Waals surface area contributed by atoms with E-state index in [4.69, 9.17) is 16.3 Å². The van der Waals surface area contributed by atoms with Crippen LogP contribution in [0.3, 0.4) is 0 Å². The summed E-state index contributed by atoms with van der Waals surface area (Å²) in [7, 11) is 5.10. The van der Waals surface area contributed by atoms with Crippen molar-refractivity contribution in [1.82, 2.24) is 20.4 Å². The van der Waals surface area contributed by atoms with Gasteiger partial charge < -0.3 is 20.3 Å². The minimum atomic E-state index is -0.0275. The summed E-state index contributed by atoms with van der Waals surface area (Å²) in [5.74, 6) is 1.38. The van der Waals surface area contributed by atoms with Gasteiger partial charge in [-0.05, 0) is 50.0 Å². The quantitative estimate of drug-likeness (QED) is 0.281. The molecule has 170 valence electrons. The van der Waals surface area contributed by atoms with Crippen LogP contribution < -0.4 is 15.4 Å². The van der Waals surface area contributed by atoms with Gasteiger partial charge in [-0.3, -0.25) is 9.69 Å². The van der Waals surface area contributed by atoms with Crippen LogP contribution in [0.15, 0.2) is 23.2 Å². The summed E-state index contributed by atoms with van der Waals surface area (Å²) in [6.07, 6.45) is 3.16. The third kappa shape index (κ3) is 8.47. The molecule has 1 heterocycles. The Kier molecular flexibility index (Phi) is 12.4. The lowest BCUT2D eigenvalue weighted by atomic mass is 10.1. The van der Waals surface area contributed by atoms with Gasteiger partial charge >= 0.3 is 0 Å². The maximum Gasteiger partial charge on any atom is 0.243 e. The van der Waals surface area contributed by atoms with E-state index < -0.39 is 0 Å². The molecular weight excluding hydrogens is 517 g/mol. The number of aliphatic imine (C=N–C) groups is 1. The number of nitrogens with one attached hydrogen (secondary N) is 2. The van der Waals surface area contributed by atoms with Crippen LogP contribution in [0.25, 0.3) is 0 Å². The Morgan fingerprint density at radius 2 is 2.13 bits per heavy atom. The van der Waals surface area contributed by atoms with E-state index in [1.165, 1.54) is 12.8 Å². The van der Waals surface area contributed by atoms with Crippen LogP contribution in [-0.4, -0.2) is 81.6 Å². The van der Waals surface area contributed by atoms with Crippen LogP contribution in [0, 0.1) is 0 Å². The van der Waals surface area contributed by atoms with Crippen molar-refractivity contribution in [3.8, 4) is 5.75 Å². The molecule has 0 aliphatic carbocycles. The van der Waals surface area contributed by atoms with Gasteiger partial charge in [-0.15, -0.1) is 24.0 Å². The fourth-order valence-corrected chi connectivity index (χ4v) is 3.66. The molecule has 7 nitrogen and oxygen atoms in total. The molecule has 1 aliphatic heterocycles. The zero-order valence-electron chi connectivity index (χ0n) is 18.4. The fraction of sp³-hybridized carbons (Fsp3) is 0.619. The van der Waals surface area contributed by atoms with Gasteiger partial charge in [0.15, 0.2) is 5.96 Å². The summed E-state index contributed by atoms with van der Waals surface area (Å²) in [6.45, 7) is 6.00. The molecule has 0 saturated carbocycles. The van der Waals surface area contributed by atoms with Gasteiger partial charge in [-0.1, -0.05) is 24.6 Å². The number of halogens is 2. The second-order valence-electron chi connectivity index (χ2n) is 7.39. The van der Waals surface area contributed by atoms with Gasteiger partial charge in [0.1, 0.15) is 12.3 Å². The molecule has 2 N–H and O–H groups in total. The van der Waals surface area contributed by atoms with Crippen molar-refractivity contribution in [3.05, 3.63) is 28.8 Å². The highest BCUT2D eigenvalue weighted by Crippen LogP contribution is 2.22. The zero-order chi connectivity index (χ0) is 21.2. The smallest absolute Gasteiger partial charge is 0.243 e. The molecule has 2 rings (SSSR count). The highest BCUT2D eigenvalue weighted by Gasteiger charge is 2.22. The number of likely N-dealkylation sites (N-methyl/N-ethyl adjacent to an activating group) is 2. The Labute approximate surface area is 202 Å². The topological polar surface area (TPSA) is 69.2 Å². The minimum absolute atomic E-state index is 0. The summed E-state index contributed by atoms with van der Waals surface area (Å²) in [5.41, 5.74) is 1.04. The largest absolute Gasteiger partial charge is 0.497 e. The summed E-state index contributed by atoms with van der Waals surface area (Å²) in [5, 5.41) is 7.43. The van der Waals surface area contributed by atoms with Crippen molar-refractivity contribution in [3.63, 3.8) is 0 Å². The molecule has 0 bridgehead atoms. The molecule has 1 amide bonds. The first-order chi connectivity index (χ1) is 13.9. The lowest BCUT2D eigenvalue weighted by Crippen LogP contribution is -2.45. The third-order valence-electron chi connectivity index (χ3n) is 5.23. The Balaban J connectivity index is 0.00000450. The number of carbonyl (C=O) groups is 1. The first-order valence-electron chi connectivity index (χ1n) is 10.2. The van der Waals surface area contributed by atoms with Crippen molar-refractivity contribution in [2.24, 2.45) is 4.99 Å². The Hall–Kier alpha value is -1.26. The van der Waals surface area contributed by atoms with E-state index in [-0.39, 0.29) is 36.4 Å². The Morgan fingerprint density at radius 3 is 2.77 bits per heavy atom. The molecule has 1 fully saturated rings. The van der Waals surface area contributed by atoms with Gasteiger partial charge in [0.05, 0.1) is 7.11 Å². The SMILES string of the molecule is CCN1CCCC1CNC(=NCC(=O)N(C)C)NCCc1ccc(OC)cc1Cl.I. The Morgan fingerprint density at radius 1 is 1.37 bits per heavy atom. The van der Waals surface area contributed by atoms with E-state index >= 15 is 0 Å². The van der Waals surface area contributed by atoms with Crippen LogP contribution in [0.4, 0.5) is 0 Å². The number of carbonyl (C=O) groups excluding carboxylic acids is 1. The molecule has 1 saturated heterocycles. The summed E-state index contributed by atoms with van der Waals surface area (Å²) < 4.78 is 5.20. The lowest BCUT2D eigenvalue weighted by Gasteiger charge is -2.24. The molecule has 1 aliphatic rings. The monoisotopic (exact) mass is 551 g/mol. The number of rotatable bonds is 9. The number of hydrogen-bond acceptors (Lipinski definition) is 4. The molecule has 1 aromatic rings. The van der Waals surface area contributed by atoms with Gasteiger partial charge in [0.2, 0.25) is 5.91 Å². The van der Waals surface area contributed by atoms with Gasteiger partial charge in [-0.2, -0.15) is 0 Å². The summed E-state index contributed by atoms with van der Waals surface area (Å²) >= 11 is 6.33. The van der Waals surface area contributed by atoms with E-state index in [1.54, 1.807) is 26.1 Å². The number of benzene rings is 1. The zero-order valence-corrected chi connectivity index (χ0v) is 21.5. The normalized spacial score (nSPS) is 16.7. The predicted octanol–water partition coefficient (Wildman–Crippen LogP) is 2.62. The fourth-order valence-electron chi connectivity index (χ4n) is 3.39. The molecule has 9 heteroatoms. The molecule has 30 heavy (non-hydrogen) atoms. The maximum absolute atomic E-state index is 11.9. The van der Waals surface area contributed by atoms with Crippen molar-refractivity contribution in [2.45, 2.75) is 32.2 Å². The first kappa shape index (κ1) is 26.8. The minimum Gasteiger partial charge on any atom is -0.497 e. The third-order valence-corrected chi connectivity index (χ3v) is 5.58. The van der Waals surface area contributed by atoms with Crippen LogP contribution >= 0.6 is 35.6 Å². The highest BCUT2D eigenvalue weighted by molar-refractivity contribution is 14.0. The molecule has 0 aromatic heterocycles. The van der Waals surface area contributed by atoms with Gasteiger partial charge in [-0.25, -0.2) is 4.99 Å². The van der Waals surface area contributed by atoms with Crippen molar-refractivity contribution >= 4 is 47.4 Å². The maximum atomic E-state index is 11.9. The number of amides is 1. The number of likely N-dealkylation sites (tertiary alicyclic amines) is 1.